The van der Waals surface area contributed by atoms with Crippen molar-refractivity contribution in [2.45, 2.75) is 20.1 Å². The first-order valence-corrected chi connectivity index (χ1v) is 4.50. The summed E-state index contributed by atoms with van der Waals surface area (Å²) in [5.74, 6) is 0. The molecule has 0 aliphatic carbocycles. The van der Waals surface area contributed by atoms with Crippen LogP contribution in [0.5, 0.6) is 0 Å². The van der Waals surface area contributed by atoms with Crippen LogP contribution in [-0.2, 0) is 18.0 Å². The van der Waals surface area contributed by atoms with E-state index in [4.69, 9.17) is 12.6 Å². The molecule has 0 bridgehead atoms. The maximum Gasteiger partial charge on any atom is 0.142 e. The van der Waals surface area contributed by atoms with Crippen molar-refractivity contribution < 1.29 is 4.74 Å². The van der Waals surface area contributed by atoms with Gasteiger partial charge in [-0.1, -0.05) is 0 Å². The number of rotatable bonds is 0. The van der Waals surface area contributed by atoms with Crippen molar-refractivity contribution in [3.8, 4) is 0 Å². The predicted molar refractivity (Wildman–Crippen MR) is 50.6 cm³/mol. The van der Waals surface area contributed by atoms with Crippen LogP contribution in [0.2, 0.25) is 0 Å². The molecule has 0 aromatic carbocycles. The molecular formula is C8H7BBrNO. The molecule has 0 spiro atoms. The maximum absolute atomic E-state index is 5.73. The van der Waals surface area contributed by atoms with Crippen LogP contribution in [0.3, 0.4) is 0 Å². The fraction of sp³-hybridized carbons (Fsp3) is 0.375. The lowest BCUT2D eigenvalue weighted by atomic mass is 9.95. The highest BCUT2D eigenvalue weighted by molar-refractivity contribution is 9.10. The van der Waals surface area contributed by atoms with Crippen LogP contribution < -0.4 is 5.59 Å². The van der Waals surface area contributed by atoms with Gasteiger partial charge >= 0.3 is 0 Å². The summed E-state index contributed by atoms with van der Waals surface area (Å²) < 4.78 is 6.31. The highest BCUT2D eigenvalue weighted by Gasteiger charge is 2.18. The van der Waals surface area contributed by atoms with Crippen LogP contribution >= 0.6 is 15.9 Å². The van der Waals surface area contributed by atoms with Gasteiger partial charge in [-0.15, -0.1) is 0 Å². The van der Waals surface area contributed by atoms with Crippen LogP contribution in [0.25, 0.3) is 0 Å². The Hall–Kier alpha value is -0.345. The van der Waals surface area contributed by atoms with Gasteiger partial charge in [-0.05, 0) is 34.0 Å². The minimum atomic E-state index is 0.590. The number of hydrogen-bond donors (Lipinski definition) is 0. The van der Waals surface area contributed by atoms with E-state index in [1.54, 1.807) is 0 Å². The van der Waals surface area contributed by atoms with Crippen molar-refractivity contribution >= 4 is 29.4 Å². The lowest BCUT2D eigenvalue weighted by molar-refractivity contribution is 0.134. The molecular weight excluding hydrogens is 217 g/mol. The minimum Gasteiger partial charge on any atom is -0.372 e. The summed E-state index contributed by atoms with van der Waals surface area (Å²) in [5.41, 5.74) is 3.72. The molecule has 2 heterocycles. The molecule has 0 saturated heterocycles. The summed E-state index contributed by atoms with van der Waals surface area (Å²) in [4.78, 5) is 4.20. The van der Waals surface area contributed by atoms with Gasteiger partial charge in [0.1, 0.15) is 7.85 Å². The zero-order valence-corrected chi connectivity index (χ0v) is 8.31. The molecule has 1 aromatic rings. The van der Waals surface area contributed by atoms with Gasteiger partial charge in [-0.2, -0.15) is 0 Å². The molecule has 0 amide bonds. The van der Waals surface area contributed by atoms with Crippen molar-refractivity contribution in [3.63, 3.8) is 0 Å². The first kappa shape index (κ1) is 8.26. The van der Waals surface area contributed by atoms with Gasteiger partial charge in [-0.25, -0.2) is 0 Å². The average Bonchev–Trinajstić information content (AvgIpc) is 2.48. The molecule has 2 nitrogen and oxygen atoms in total. The third-order valence-corrected chi connectivity index (χ3v) is 3.09. The summed E-state index contributed by atoms with van der Waals surface area (Å²) >= 11 is 3.47. The summed E-state index contributed by atoms with van der Waals surface area (Å²) in [6.07, 6.45) is 0. The molecule has 4 heteroatoms. The second-order valence-electron chi connectivity index (χ2n) is 2.85. The molecule has 0 N–H and O–H groups in total. The molecule has 1 aromatic heterocycles. The summed E-state index contributed by atoms with van der Waals surface area (Å²) in [6.45, 7) is 3.16. The van der Waals surface area contributed by atoms with E-state index >= 15 is 0 Å². The van der Waals surface area contributed by atoms with Gasteiger partial charge in [0.25, 0.3) is 0 Å². The zero-order valence-electron chi connectivity index (χ0n) is 6.72. The molecule has 0 fully saturated rings. The van der Waals surface area contributed by atoms with E-state index in [-0.39, 0.29) is 0 Å². The van der Waals surface area contributed by atoms with Crippen LogP contribution in [0.1, 0.15) is 16.8 Å². The van der Waals surface area contributed by atoms with E-state index in [9.17, 15) is 0 Å². The highest BCUT2D eigenvalue weighted by Crippen LogP contribution is 2.27. The molecule has 12 heavy (non-hydrogen) atoms. The van der Waals surface area contributed by atoms with Crippen molar-refractivity contribution in [2.24, 2.45) is 0 Å². The van der Waals surface area contributed by atoms with E-state index in [0.29, 0.717) is 18.8 Å². The standard InChI is InChI=1S/C8H7BBrNO/c1-4-7(10)5-2-12-3-6(5)8(9)11-4/h2-3H2,1H3. The van der Waals surface area contributed by atoms with Gasteiger partial charge in [0.05, 0.1) is 18.9 Å². The topological polar surface area (TPSA) is 22.1 Å². The first-order chi connectivity index (χ1) is 5.70. The predicted octanol–water partition coefficient (Wildman–Crippen LogP) is 0.977. The Morgan fingerprint density at radius 1 is 1.42 bits per heavy atom. The lowest BCUT2D eigenvalue weighted by Crippen LogP contribution is -2.16. The fourth-order valence-electron chi connectivity index (χ4n) is 1.37. The number of halogens is 1. The van der Waals surface area contributed by atoms with Crippen LogP contribution in [0, 0.1) is 6.92 Å². The van der Waals surface area contributed by atoms with E-state index in [0.717, 1.165) is 21.3 Å². The Morgan fingerprint density at radius 3 is 2.83 bits per heavy atom. The molecule has 0 saturated carbocycles. The number of aryl methyl sites for hydroxylation is 1. The average molecular weight is 224 g/mol. The van der Waals surface area contributed by atoms with Crippen molar-refractivity contribution in [3.05, 3.63) is 21.3 Å². The number of fused-ring (bicyclic) bond motifs is 1. The van der Waals surface area contributed by atoms with E-state index < -0.39 is 0 Å². The van der Waals surface area contributed by atoms with Gasteiger partial charge in [0, 0.05) is 10.0 Å². The number of nitrogens with zero attached hydrogens (tertiary/aromatic N) is 1. The van der Waals surface area contributed by atoms with E-state index in [1.807, 2.05) is 6.92 Å². The lowest BCUT2D eigenvalue weighted by Gasteiger charge is -2.06. The maximum atomic E-state index is 5.73. The van der Waals surface area contributed by atoms with Crippen molar-refractivity contribution in [2.75, 3.05) is 0 Å². The Kier molecular flexibility index (Phi) is 1.97. The highest BCUT2D eigenvalue weighted by atomic mass is 79.9. The van der Waals surface area contributed by atoms with Gasteiger partial charge in [0.2, 0.25) is 0 Å². The quantitative estimate of drug-likeness (QED) is 0.612. The van der Waals surface area contributed by atoms with Gasteiger partial charge < -0.3 is 4.74 Å². The van der Waals surface area contributed by atoms with Crippen molar-refractivity contribution in [1.82, 2.24) is 4.98 Å². The van der Waals surface area contributed by atoms with Crippen LogP contribution in [0.4, 0.5) is 0 Å². The smallest absolute Gasteiger partial charge is 0.142 e. The normalized spacial score (nSPS) is 14.8. The molecule has 1 aliphatic heterocycles. The monoisotopic (exact) mass is 223 g/mol. The minimum absolute atomic E-state index is 0.590. The largest absolute Gasteiger partial charge is 0.372 e. The first-order valence-electron chi connectivity index (χ1n) is 3.71. The van der Waals surface area contributed by atoms with E-state index in [2.05, 4.69) is 20.9 Å². The SMILES string of the molecule is [B]c1nc(C)c(Br)c2c1COC2. The number of pyridine rings is 1. The molecule has 2 radical (unpaired) electrons. The Labute approximate surface area is 80.9 Å². The molecule has 60 valence electrons. The van der Waals surface area contributed by atoms with Gasteiger partial charge in [-0.3, -0.25) is 4.98 Å². The van der Waals surface area contributed by atoms with Crippen LogP contribution in [-0.4, -0.2) is 12.8 Å². The Morgan fingerprint density at radius 2 is 2.08 bits per heavy atom. The molecule has 1 aliphatic rings. The molecule has 2 rings (SSSR count). The number of aromatic nitrogens is 1. The van der Waals surface area contributed by atoms with Crippen molar-refractivity contribution in [1.29, 1.82) is 0 Å². The second kappa shape index (κ2) is 2.85. The second-order valence-corrected chi connectivity index (χ2v) is 3.64. The van der Waals surface area contributed by atoms with Crippen LogP contribution in [0.15, 0.2) is 4.47 Å². The Bertz CT molecular complexity index is 340. The number of ether oxygens (including phenoxy) is 1. The van der Waals surface area contributed by atoms with E-state index in [1.165, 1.54) is 0 Å². The summed E-state index contributed by atoms with van der Waals surface area (Å²) in [6, 6.07) is 0. The third-order valence-electron chi connectivity index (χ3n) is 2.04. The zero-order chi connectivity index (χ0) is 8.72. The number of hydrogen-bond acceptors (Lipinski definition) is 2. The molecule has 0 unspecified atom stereocenters. The third kappa shape index (κ3) is 1.10. The fourth-order valence-corrected chi connectivity index (χ4v) is 1.81. The van der Waals surface area contributed by atoms with Gasteiger partial charge in [0.15, 0.2) is 0 Å². The summed E-state index contributed by atoms with van der Waals surface area (Å²) in [5, 5.41) is 0. The Balaban J connectivity index is 2.69. The molecule has 0 atom stereocenters. The summed E-state index contributed by atoms with van der Waals surface area (Å²) in [7, 11) is 5.73.